The predicted molar refractivity (Wildman–Crippen MR) is 69.3 cm³/mol. The molecule has 19 heavy (non-hydrogen) atoms. The summed E-state index contributed by atoms with van der Waals surface area (Å²) in [5.41, 5.74) is 1.31. The molecule has 2 aromatic heterocycles. The number of amides is 1. The maximum absolute atomic E-state index is 11.7. The smallest absolute Gasteiger partial charge is 0.253 e. The lowest BCUT2D eigenvalue weighted by Gasteiger charge is -2.07. The highest BCUT2D eigenvalue weighted by atomic mass is 16.2. The minimum absolute atomic E-state index is 0.0353. The minimum atomic E-state index is -0.239. The molecule has 0 spiro atoms. The van der Waals surface area contributed by atoms with Crippen LogP contribution < -0.4 is 10.9 Å². The van der Waals surface area contributed by atoms with Crippen molar-refractivity contribution in [1.29, 1.82) is 0 Å². The first-order valence-corrected chi connectivity index (χ1v) is 5.84. The summed E-state index contributed by atoms with van der Waals surface area (Å²) in [6.45, 7) is 2.08. The van der Waals surface area contributed by atoms with Crippen molar-refractivity contribution in [2.75, 3.05) is 0 Å². The molecule has 2 heterocycles. The van der Waals surface area contributed by atoms with Crippen LogP contribution >= 0.6 is 0 Å². The first kappa shape index (κ1) is 12.9. The zero-order valence-corrected chi connectivity index (χ0v) is 10.5. The molecule has 6 heteroatoms. The second-order valence-corrected chi connectivity index (χ2v) is 4.13. The quantitative estimate of drug-likeness (QED) is 0.853. The fourth-order valence-corrected chi connectivity index (χ4v) is 1.55. The monoisotopic (exact) mass is 258 g/mol. The van der Waals surface area contributed by atoms with Crippen molar-refractivity contribution in [1.82, 2.24) is 19.9 Å². The van der Waals surface area contributed by atoms with Crippen molar-refractivity contribution in [3.05, 3.63) is 58.5 Å². The molecule has 6 nitrogen and oxygen atoms in total. The molecule has 1 N–H and O–H groups in total. The molecule has 0 aliphatic rings. The Morgan fingerprint density at radius 1 is 1.47 bits per heavy atom. The highest BCUT2D eigenvalue weighted by molar-refractivity contribution is 5.75. The molecule has 0 aliphatic heterocycles. The number of carbonyl (C=O) groups excluding carboxylic acids is 1. The van der Waals surface area contributed by atoms with Crippen molar-refractivity contribution in [2.24, 2.45) is 0 Å². The van der Waals surface area contributed by atoms with Gasteiger partial charge in [-0.05, 0) is 18.6 Å². The second-order valence-electron chi connectivity index (χ2n) is 4.13. The van der Waals surface area contributed by atoms with Gasteiger partial charge in [0.25, 0.3) is 5.56 Å². The molecule has 0 unspecified atom stereocenters. The molecule has 1 amide bonds. The maximum Gasteiger partial charge on any atom is 0.253 e. The normalized spacial score (nSPS) is 10.2. The van der Waals surface area contributed by atoms with E-state index < -0.39 is 0 Å². The molecule has 0 saturated heterocycles. The number of nitrogens with one attached hydrogen (secondary N) is 1. The topological polar surface area (TPSA) is 76.9 Å². The third-order valence-electron chi connectivity index (χ3n) is 2.54. The highest BCUT2D eigenvalue weighted by Crippen LogP contribution is 1.94. The van der Waals surface area contributed by atoms with Crippen LogP contribution in [-0.2, 0) is 17.9 Å². The van der Waals surface area contributed by atoms with Crippen LogP contribution in [0.25, 0.3) is 0 Å². The minimum Gasteiger partial charge on any atom is -0.350 e. The molecule has 0 aromatic carbocycles. The summed E-state index contributed by atoms with van der Waals surface area (Å²) in [6, 6.07) is 5.07. The van der Waals surface area contributed by atoms with Gasteiger partial charge in [0.15, 0.2) is 0 Å². The summed E-state index contributed by atoms with van der Waals surface area (Å²) in [6.07, 6.45) is 4.73. The van der Waals surface area contributed by atoms with Gasteiger partial charge in [0, 0.05) is 30.7 Å². The largest absolute Gasteiger partial charge is 0.350 e. The van der Waals surface area contributed by atoms with Gasteiger partial charge in [0.2, 0.25) is 5.91 Å². The zero-order chi connectivity index (χ0) is 13.7. The van der Waals surface area contributed by atoms with E-state index >= 15 is 0 Å². The van der Waals surface area contributed by atoms with Crippen LogP contribution in [0.2, 0.25) is 0 Å². The standard InChI is InChI=1S/C13H14N4O2/c1-10-5-13(19)17(9-16-10)8-12(18)15-7-11-3-2-4-14-6-11/h2-6,9H,7-8H2,1H3,(H,15,18). The van der Waals surface area contributed by atoms with Crippen LogP contribution in [-0.4, -0.2) is 20.4 Å². The predicted octanol–water partition coefficient (Wildman–Crippen LogP) is 0.263. The zero-order valence-electron chi connectivity index (χ0n) is 10.5. The highest BCUT2D eigenvalue weighted by Gasteiger charge is 2.04. The number of hydrogen-bond acceptors (Lipinski definition) is 4. The maximum atomic E-state index is 11.7. The van der Waals surface area contributed by atoms with E-state index in [0.717, 1.165) is 5.56 Å². The van der Waals surface area contributed by atoms with Crippen molar-refractivity contribution in [3.8, 4) is 0 Å². The van der Waals surface area contributed by atoms with E-state index in [9.17, 15) is 9.59 Å². The van der Waals surface area contributed by atoms with Gasteiger partial charge < -0.3 is 5.32 Å². The fourth-order valence-electron chi connectivity index (χ4n) is 1.55. The van der Waals surface area contributed by atoms with E-state index in [1.807, 2.05) is 6.07 Å². The van der Waals surface area contributed by atoms with Gasteiger partial charge >= 0.3 is 0 Å². The molecular weight excluding hydrogens is 244 g/mol. The number of aryl methyl sites for hydroxylation is 1. The van der Waals surface area contributed by atoms with Crippen molar-refractivity contribution < 1.29 is 4.79 Å². The third kappa shape index (κ3) is 3.74. The van der Waals surface area contributed by atoms with E-state index in [2.05, 4.69) is 15.3 Å². The Bertz CT molecular complexity index is 622. The van der Waals surface area contributed by atoms with E-state index in [-0.39, 0.29) is 18.0 Å². The lowest BCUT2D eigenvalue weighted by atomic mass is 10.3. The van der Waals surface area contributed by atoms with Crippen molar-refractivity contribution in [2.45, 2.75) is 20.0 Å². The average Bonchev–Trinajstić information content (AvgIpc) is 2.41. The molecule has 98 valence electrons. The van der Waals surface area contributed by atoms with Gasteiger partial charge in [-0.2, -0.15) is 0 Å². The number of pyridine rings is 1. The first-order valence-electron chi connectivity index (χ1n) is 5.84. The van der Waals surface area contributed by atoms with E-state index in [0.29, 0.717) is 12.2 Å². The Morgan fingerprint density at radius 2 is 2.32 bits per heavy atom. The van der Waals surface area contributed by atoms with Crippen LogP contribution in [0.1, 0.15) is 11.3 Å². The van der Waals surface area contributed by atoms with E-state index in [1.165, 1.54) is 17.0 Å². The van der Waals surface area contributed by atoms with Crippen LogP contribution in [0.3, 0.4) is 0 Å². The molecule has 0 saturated carbocycles. The number of carbonyl (C=O) groups is 1. The molecule has 0 aliphatic carbocycles. The first-order chi connectivity index (χ1) is 9.15. The van der Waals surface area contributed by atoms with Crippen LogP contribution in [0.15, 0.2) is 41.7 Å². The summed E-state index contributed by atoms with van der Waals surface area (Å²) in [5.74, 6) is -0.239. The molecular formula is C13H14N4O2. The van der Waals surface area contributed by atoms with Crippen LogP contribution in [0, 0.1) is 6.92 Å². The Morgan fingerprint density at radius 3 is 3.00 bits per heavy atom. The van der Waals surface area contributed by atoms with Crippen molar-refractivity contribution >= 4 is 5.91 Å². The summed E-state index contributed by atoms with van der Waals surface area (Å²) < 4.78 is 1.27. The number of nitrogens with zero attached hydrogens (tertiary/aromatic N) is 3. The van der Waals surface area contributed by atoms with Crippen LogP contribution in [0.4, 0.5) is 0 Å². The molecule has 0 fully saturated rings. The van der Waals surface area contributed by atoms with Crippen LogP contribution in [0.5, 0.6) is 0 Å². The van der Waals surface area contributed by atoms with Gasteiger partial charge in [-0.15, -0.1) is 0 Å². The summed E-state index contributed by atoms with van der Waals surface area (Å²) in [7, 11) is 0. The Kier molecular flexibility index (Phi) is 4.02. The van der Waals surface area contributed by atoms with Gasteiger partial charge in [-0.25, -0.2) is 4.98 Å². The third-order valence-corrected chi connectivity index (χ3v) is 2.54. The molecule has 0 radical (unpaired) electrons. The number of rotatable bonds is 4. The van der Waals surface area contributed by atoms with Gasteiger partial charge in [0.05, 0.1) is 6.33 Å². The molecule has 2 rings (SSSR count). The lowest BCUT2D eigenvalue weighted by molar-refractivity contribution is -0.121. The molecule has 2 aromatic rings. The SMILES string of the molecule is Cc1cc(=O)n(CC(=O)NCc2cccnc2)cn1. The lowest BCUT2D eigenvalue weighted by Crippen LogP contribution is -2.32. The summed E-state index contributed by atoms with van der Waals surface area (Å²) in [4.78, 5) is 31.2. The van der Waals surface area contributed by atoms with Crippen molar-refractivity contribution in [3.63, 3.8) is 0 Å². The molecule has 0 bridgehead atoms. The summed E-state index contributed by atoms with van der Waals surface area (Å²) in [5, 5.41) is 2.72. The van der Waals surface area contributed by atoms with E-state index in [4.69, 9.17) is 0 Å². The van der Waals surface area contributed by atoms with Gasteiger partial charge in [-0.3, -0.25) is 19.1 Å². The number of hydrogen-bond donors (Lipinski definition) is 1. The molecule has 0 atom stereocenters. The van der Waals surface area contributed by atoms with Gasteiger partial charge in [-0.1, -0.05) is 6.07 Å². The second kappa shape index (κ2) is 5.90. The number of aromatic nitrogens is 3. The summed E-state index contributed by atoms with van der Waals surface area (Å²) >= 11 is 0. The average molecular weight is 258 g/mol. The Labute approximate surface area is 110 Å². The Hall–Kier alpha value is -2.50. The fraction of sp³-hybridized carbons (Fsp3) is 0.231. The van der Waals surface area contributed by atoms with E-state index in [1.54, 1.807) is 25.4 Å². The van der Waals surface area contributed by atoms with Gasteiger partial charge in [0.1, 0.15) is 6.54 Å². The Balaban J connectivity index is 1.93.